The molecule has 0 saturated heterocycles. The summed E-state index contributed by atoms with van der Waals surface area (Å²) in [4.78, 5) is 15.1. The van der Waals surface area contributed by atoms with Gasteiger partial charge in [0.05, 0.1) is 11.6 Å². The van der Waals surface area contributed by atoms with Crippen molar-refractivity contribution in [2.24, 2.45) is 11.1 Å². The SMILES string of the molecule is CCCC(CN)(Cc1cncc(F)c1)C(=O)O. The van der Waals surface area contributed by atoms with E-state index in [1.165, 1.54) is 12.3 Å². The fourth-order valence-corrected chi connectivity index (χ4v) is 1.95. The molecule has 0 aromatic carbocycles. The van der Waals surface area contributed by atoms with Gasteiger partial charge in [0.1, 0.15) is 5.82 Å². The molecular formula is C12H17FN2O2. The molecule has 1 heterocycles. The van der Waals surface area contributed by atoms with E-state index in [1.807, 2.05) is 6.92 Å². The quantitative estimate of drug-likeness (QED) is 0.791. The van der Waals surface area contributed by atoms with Crippen LogP contribution in [0.25, 0.3) is 0 Å². The molecule has 1 unspecified atom stereocenters. The van der Waals surface area contributed by atoms with Gasteiger partial charge in [-0.15, -0.1) is 0 Å². The molecule has 17 heavy (non-hydrogen) atoms. The Kier molecular flexibility index (Phi) is 4.57. The van der Waals surface area contributed by atoms with Gasteiger partial charge in [0.15, 0.2) is 0 Å². The van der Waals surface area contributed by atoms with E-state index in [2.05, 4.69) is 4.98 Å². The molecule has 1 rings (SSSR count). The van der Waals surface area contributed by atoms with Crippen LogP contribution < -0.4 is 5.73 Å². The fourth-order valence-electron chi connectivity index (χ4n) is 1.95. The fraction of sp³-hybridized carbons (Fsp3) is 0.500. The summed E-state index contributed by atoms with van der Waals surface area (Å²) >= 11 is 0. The van der Waals surface area contributed by atoms with E-state index in [1.54, 1.807) is 0 Å². The number of carboxylic acids is 1. The lowest BCUT2D eigenvalue weighted by Crippen LogP contribution is -2.40. The largest absolute Gasteiger partial charge is 0.481 e. The zero-order valence-corrected chi connectivity index (χ0v) is 9.82. The van der Waals surface area contributed by atoms with Gasteiger partial charge < -0.3 is 10.8 Å². The van der Waals surface area contributed by atoms with E-state index in [0.29, 0.717) is 18.4 Å². The number of halogens is 1. The van der Waals surface area contributed by atoms with E-state index < -0.39 is 17.2 Å². The van der Waals surface area contributed by atoms with Crippen LogP contribution in [0.15, 0.2) is 18.5 Å². The summed E-state index contributed by atoms with van der Waals surface area (Å²) in [5, 5.41) is 9.29. The minimum atomic E-state index is -1.02. The third-order valence-corrected chi connectivity index (χ3v) is 2.88. The highest BCUT2D eigenvalue weighted by atomic mass is 19.1. The average molecular weight is 240 g/mol. The number of carbonyl (C=O) groups is 1. The van der Waals surface area contributed by atoms with Crippen LogP contribution in [0.2, 0.25) is 0 Å². The summed E-state index contributed by atoms with van der Waals surface area (Å²) in [7, 11) is 0. The van der Waals surface area contributed by atoms with Crippen molar-refractivity contribution in [3.8, 4) is 0 Å². The van der Waals surface area contributed by atoms with Crippen LogP contribution in [-0.4, -0.2) is 22.6 Å². The molecule has 0 aliphatic carbocycles. The Morgan fingerprint density at radius 1 is 1.59 bits per heavy atom. The number of carboxylic acid groups (broad SMARTS) is 1. The van der Waals surface area contributed by atoms with E-state index in [4.69, 9.17) is 5.73 Å². The first-order valence-electron chi connectivity index (χ1n) is 5.57. The molecule has 0 saturated carbocycles. The Morgan fingerprint density at radius 3 is 2.76 bits per heavy atom. The number of pyridine rings is 1. The monoisotopic (exact) mass is 240 g/mol. The molecule has 1 atom stereocenters. The predicted molar refractivity (Wildman–Crippen MR) is 61.9 cm³/mol. The number of hydrogen-bond acceptors (Lipinski definition) is 3. The molecule has 3 N–H and O–H groups in total. The maximum Gasteiger partial charge on any atom is 0.311 e. The molecule has 94 valence electrons. The van der Waals surface area contributed by atoms with Crippen molar-refractivity contribution < 1.29 is 14.3 Å². The standard InChI is InChI=1S/C12H17FN2O2/c1-2-3-12(8-14,11(16)17)5-9-4-10(13)7-15-6-9/h4,6-7H,2-3,5,8,14H2,1H3,(H,16,17). The first-order valence-corrected chi connectivity index (χ1v) is 5.57. The number of aliphatic carboxylic acids is 1. The zero-order valence-electron chi connectivity index (χ0n) is 9.82. The summed E-state index contributed by atoms with van der Waals surface area (Å²) < 4.78 is 13.0. The van der Waals surface area contributed by atoms with Gasteiger partial charge in [-0.05, 0) is 24.5 Å². The average Bonchev–Trinajstić information content (AvgIpc) is 2.28. The van der Waals surface area contributed by atoms with Crippen LogP contribution in [-0.2, 0) is 11.2 Å². The van der Waals surface area contributed by atoms with Gasteiger partial charge in [0.25, 0.3) is 0 Å². The second-order valence-electron chi connectivity index (χ2n) is 4.23. The Bertz CT molecular complexity index is 398. The number of aromatic nitrogens is 1. The van der Waals surface area contributed by atoms with Crippen LogP contribution >= 0.6 is 0 Å². The molecule has 1 aromatic rings. The summed E-state index contributed by atoms with van der Waals surface area (Å²) in [6.07, 6.45) is 3.96. The second kappa shape index (κ2) is 5.72. The van der Waals surface area contributed by atoms with Crippen molar-refractivity contribution in [1.29, 1.82) is 0 Å². The maximum atomic E-state index is 13.0. The molecule has 5 heteroatoms. The van der Waals surface area contributed by atoms with Crippen molar-refractivity contribution in [3.05, 3.63) is 29.8 Å². The second-order valence-corrected chi connectivity index (χ2v) is 4.23. The van der Waals surface area contributed by atoms with Gasteiger partial charge in [-0.1, -0.05) is 13.3 Å². The lowest BCUT2D eigenvalue weighted by atomic mass is 9.78. The Hall–Kier alpha value is -1.49. The van der Waals surface area contributed by atoms with Crippen LogP contribution in [0.3, 0.4) is 0 Å². The van der Waals surface area contributed by atoms with E-state index >= 15 is 0 Å². The summed E-state index contributed by atoms with van der Waals surface area (Å²) in [6, 6.07) is 1.30. The van der Waals surface area contributed by atoms with Crippen LogP contribution in [0.4, 0.5) is 4.39 Å². The maximum absolute atomic E-state index is 13.0. The summed E-state index contributed by atoms with van der Waals surface area (Å²) in [5.41, 5.74) is 5.12. The highest BCUT2D eigenvalue weighted by Crippen LogP contribution is 2.28. The van der Waals surface area contributed by atoms with Gasteiger partial charge in [0.2, 0.25) is 0 Å². The van der Waals surface area contributed by atoms with E-state index in [-0.39, 0.29) is 13.0 Å². The predicted octanol–water partition coefficient (Wildman–Crippen LogP) is 1.59. The van der Waals surface area contributed by atoms with Crippen molar-refractivity contribution in [2.75, 3.05) is 6.54 Å². The Balaban J connectivity index is 2.96. The van der Waals surface area contributed by atoms with Crippen molar-refractivity contribution >= 4 is 5.97 Å². The molecular weight excluding hydrogens is 223 g/mol. The van der Waals surface area contributed by atoms with Gasteiger partial charge >= 0.3 is 5.97 Å². The van der Waals surface area contributed by atoms with Crippen LogP contribution in [0.1, 0.15) is 25.3 Å². The topological polar surface area (TPSA) is 76.2 Å². The van der Waals surface area contributed by atoms with Gasteiger partial charge in [0, 0.05) is 12.7 Å². The van der Waals surface area contributed by atoms with Gasteiger partial charge in [-0.25, -0.2) is 4.39 Å². The number of nitrogens with two attached hydrogens (primary N) is 1. The number of hydrogen-bond donors (Lipinski definition) is 2. The normalized spacial score (nSPS) is 14.3. The lowest BCUT2D eigenvalue weighted by molar-refractivity contribution is -0.148. The molecule has 4 nitrogen and oxygen atoms in total. The summed E-state index contributed by atoms with van der Waals surface area (Å²) in [6.45, 7) is 1.93. The van der Waals surface area contributed by atoms with Crippen LogP contribution in [0.5, 0.6) is 0 Å². The Morgan fingerprint density at radius 2 is 2.29 bits per heavy atom. The third kappa shape index (κ3) is 3.23. The van der Waals surface area contributed by atoms with Gasteiger partial charge in [-0.3, -0.25) is 9.78 Å². The number of rotatable bonds is 6. The third-order valence-electron chi connectivity index (χ3n) is 2.88. The molecule has 1 aromatic heterocycles. The summed E-state index contributed by atoms with van der Waals surface area (Å²) in [5.74, 6) is -1.40. The highest BCUT2D eigenvalue weighted by molar-refractivity contribution is 5.75. The van der Waals surface area contributed by atoms with Crippen molar-refractivity contribution in [3.63, 3.8) is 0 Å². The molecule has 0 radical (unpaired) electrons. The lowest BCUT2D eigenvalue weighted by Gasteiger charge is -2.27. The smallest absolute Gasteiger partial charge is 0.311 e. The van der Waals surface area contributed by atoms with Crippen molar-refractivity contribution in [1.82, 2.24) is 4.98 Å². The molecule has 0 fully saturated rings. The first-order chi connectivity index (χ1) is 8.04. The molecule has 0 aliphatic heterocycles. The van der Waals surface area contributed by atoms with E-state index in [9.17, 15) is 14.3 Å². The molecule has 0 aliphatic rings. The van der Waals surface area contributed by atoms with Gasteiger partial charge in [-0.2, -0.15) is 0 Å². The molecule has 0 amide bonds. The zero-order chi connectivity index (χ0) is 12.9. The molecule has 0 bridgehead atoms. The minimum Gasteiger partial charge on any atom is -0.481 e. The van der Waals surface area contributed by atoms with E-state index in [0.717, 1.165) is 6.20 Å². The Labute approximate surface area is 99.7 Å². The minimum absolute atomic E-state index is 0.0344. The molecule has 0 spiro atoms. The van der Waals surface area contributed by atoms with Crippen molar-refractivity contribution in [2.45, 2.75) is 26.2 Å². The van der Waals surface area contributed by atoms with Crippen LogP contribution in [0, 0.1) is 11.2 Å². The first kappa shape index (κ1) is 13.6. The highest BCUT2D eigenvalue weighted by Gasteiger charge is 2.36. The number of nitrogens with zero attached hydrogens (tertiary/aromatic N) is 1.